The first-order valence-electron chi connectivity index (χ1n) is 12.4. The molecule has 0 radical (unpaired) electrons. The molecule has 2 aromatic heterocycles. The van der Waals surface area contributed by atoms with E-state index >= 15 is 0 Å². The number of guanidine groups is 1. The van der Waals surface area contributed by atoms with Crippen LogP contribution in [0.2, 0.25) is 0 Å². The van der Waals surface area contributed by atoms with Gasteiger partial charge in [0.2, 0.25) is 5.96 Å². The summed E-state index contributed by atoms with van der Waals surface area (Å²) in [5.74, 6) is 0.853. The highest BCUT2D eigenvalue weighted by molar-refractivity contribution is 6.03. The van der Waals surface area contributed by atoms with Gasteiger partial charge >= 0.3 is 0 Å². The van der Waals surface area contributed by atoms with E-state index in [1.54, 1.807) is 0 Å². The number of para-hydroxylation sites is 4. The van der Waals surface area contributed by atoms with Crippen LogP contribution in [0.5, 0.6) is 0 Å². The van der Waals surface area contributed by atoms with Crippen LogP contribution >= 0.6 is 0 Å². The lowest BCUT2D eigenvalue weighted by Gasteiger charge is -2.29. The Kier molecular flexibility index (Phi) is 6.49. The maximum atomic E-state index is 5.11. The second-order valence-electron chi connectivity index (χ2n) is 9.63. The number of nitrogens with zero attached hydrogens (tertiary/aromatic N) is 6. The first kappa shape index (κ1) is 24.3. The largest absolute Gasteiger partial charge is 0.349 e. The second kappa shape index (κ2) is 9.90. The Hall–Kier alpha value is -4.45. The number of aromatic nitrogens is 2. The van der Waals surface area contributed by atoms with Crippen molar-refractivity contribution in [3.8, 4) is 0 Å². The van der Waals surface area contributed by atoms with E-state index < -0.39 is 0 Å². The summed E-state index contributed by atoms with van der Waals surface area (Å²) in [6.45, 7) is 4.06. The van der Waals surface area contributed by atoms with Gasteiger partial charge in [0.05, 0.1) is 33.8 Å². The molecule has 0 unspecified atom stereocenters. The molecule has 0 spiro atoms. The molecule has 5 rings (SSSR count). The highest BCUT2D eigenvalue weighted by Crippen LogP contribution is 2.44. The molecule has 6 nitrogen and oxygen atoms in total. The molecule has 0 saturated heterocycles. The van der Waals surface area contributed by atoms with Crippen LogP contribution in [-0.4, -0.2) is 53.9 Å². The standard InChI is InChI=1S/C31H32N6/c1-21-17-19-23-11-9-15-27(29(23)32-21)37(28-16-10-12-24-20-18-22(2)33-30(24)28)26-14-8-7-13-25(26)34-31(35(3)4)36(5)6/h7-20H,1-6H3. The highest BCUT2D eigenvalue weighted by Gasteiger charge is 2.22. The second-order valence-corrected chi connectivity index (χ2v) is 9.63. The molecule has 2 heterocycles. The molecule has 0 aliphatic heterocycles. The van der Waals surface area contributed by atoms with Crippen LogP contribution in [-0.2, 0) is 0 Å². The lowest BCUT2D eigenvalue weighted by Crippen LogP contribution is -2.35. The average Bonchev–Trinajstić information content (AvgIpc) is 2.88. The summed E-state index contributed by atoms with van der Waals surface area (Å²) in [6.07, 6.45) is 0. The highest BCUT2D eigenvalue weighted by atomic mass is 15.3. The van der Waals surface area contributed by atoms with Gasteiger partial charge in [-0.15, -0.1) is 0 Å². The maximum Gasteiger partial charge on any atom is 0.200 e. The Bertz CT molecular complexity index is 1520. The summed E-state index contributed by atoms with van der Waals surface area (Å²) in [5.41, 5.74) is 7.59. The maximum absolute atomic E-state index is 5.11. The van der Waals surface area contributed by atoms with Crippen molar-refractivity contribution in [3.63, 3.8) is 0 Å². The molecule has 5 aromatic rings. The van der Waals surface area contributed by atoms with Gasteiger partial charge in [-0.25, -0.2) is 4.99 Å². The van der Waals surface area contributed by atoms with Crippen LogP contribution in [0.15, 0.2) is 89.9 Å². The van der Waals surface area contributed by atoms with Gasteiger partial charge in [0.1, 0.15) is 0 Å². The fourth-order valence-corrected chi connectivity index (χ4v) is 4.66. The third kappa shape index (κ3) is 4.70. The van der Waals surface area contributed by atoms with Crippen LogP contribution in [0.1, 0.15) is 11.4 Å². The predicted molar refractivity (Wildman–Crippen MR) is 156 cm³/mol. The molecule has 0 bridgehead atoms. The summed E-state index contributed by atoms with van der Waals surface area (Å²) in [4.78, 5) is 21.4. The Morgan fingerprint density at radius 3 is 1.57 bits per heavy atom. The molecule has 186 valence electrons. The summed E-state index contributed by atoms with van der Waals surface area (Å²) in [5, 5.41) is 2.17. The molecule has 6 heteroatoms. The van der Waals surface area contributed by atoms with Crippen LogP contribution in [0.4, 0.5) is 22.7 Å². The Morgan fingerprint density at radius 1 is 0.568 bits per heavy atom. The van der Waals surface area contributed by atoms with Crippen LogP contribution in [0.25, 0.3) is 21.8 Å². The van der Waals surface area contributed by atoms with E-state index in [-0.39, 0.29) is 0 Å². The number of aryl methyl sites for hydroxylation is 2. The van der Waals surface area contributed by atoms with Crippen molar-refractivity contribution in [1.29, 1.82) is 0 Å². The molecular weight excluding hydrogens is 456 g/mol. The summed E-state index contributed by atoms with van der Waals surface area (Å²) in [7, 11) is 8.03. The van der Waals surface area contributed by atoms with E-state index in [9.17, 15) is 0 Å². The van der Waals surface area contributed by atoms with E-state index in [1.807, 2.05) is 57.9 Å². The topological polar surface area (TPSA) is 47.9 Å². The van der Waals surface area contributed by atoms with E-state index in [0.717, 1.165) is 61.9 Å². The minimum Gasteiger partial charge on any atom is -0.349 e. The minimum atomic E-state index is 0.853. The molecule has 0 fully saturated rings. The lowest BCUT2D eigenvalue weighted by molar-refractivity contribution is 0.484. The fourth-order valence-electron chi connectivity index (χ4n) is 4.66. The van der Waals surface area contributed by atoms with Crippen molar-refractivity contribution < 1.29 is 0 Å². The Morgan fingerprint density at radius 2 is 1.05 bits per heavy atom. The summed E-state index contributed by atoms with van der Waals surface area (Å²) >= 11 is 0. The summed E-state index contributed by atoms with van der Waals surface area (Å²) in [6, 6.07) is 29.3. The summed E-state index contributed by atoms with van der Waals surface area (Å²) < 4.78 is 0. The number of aliphatic imine (C=N–C) groups is 1. The van der Waals surface area contributed by atoms with Gasteiger partial charge in [-0.1, -0.05) is 48.5 Å². The van der Waals surface area contributed by atoms with E-state index in [1.165, 1.54) is 0 Å². The predicted octanol–water partition coefficient (Wildman–Crippen LogP) is 6.98. The van der Waals surface area contributed by atoms with Gasteiger partial charge in [-0.2, -0.15) is 0 Å². The van der Waals surface area contributed by atoms with Crippen molar-refractivity contribution in [2.24, 2.45) is 4.99 Å². The number of benzene rings is 3. The lowest BCUT2D eigenvalue weighted by atomic mass is 10.1. The van der Waals surface area contributed by atoms with Gasteiger partial charge < -0.3 is 14.7 Å². The molecule has 37 heavy (non-hydrogen) atoms. The normalized spacial score (nSPS) is 11.0. The number of rotatable bonds is 4. The van der Waals surface area contributed by atoms with E-state index in [0.29, 0.717) is 0 Å². The fraction of sp³-hybridized carbons (Fsp3) is 0.194. The molecule has 0 aliphatic rings. The molecule has 0 amide bonds. The zero-order valence-electron chi connectivity index (χ0n) is 22.3. The minimum absolute atomic E-state index is 0.853. The van der Waals surface area contributed by atoms with Crippen molar-refractivity contribution >= 4 is 50.5 Å². The molecule has 0 atom stereocenters. The molecule has 0 aliphatic carbocycles. The Balaban J connectivity index is 1.87. The zero-order valence-corrected chi connectivity index (χ0v) is 22.3. The quantitative estimate of drug-likeness (QED) is 0.202. The zero-order chi connectivity index (χ0) is 26.1. The molecule has 0 N–H and O–H groups in total. The number of pyridine rings is 2. The average molecular weight is 489 g/mol. The van der Waals surface area contributed by atoms with Crippen molar-refractivity contribution in [1.82, 2.24) is 19.8 Å². The van der Waals surface area contributed by atoms with Gasteiger partial charge in [0.25, 0.3) is 0 Å². The van der Waals surface area contributed by atoms with Crippen LogP contribution in [0.3, 0.4) is 0 Å². The third-order valence-corrected chi connectivity index (χ3v) is 6.30. The first-order valence-corrected chi connectivity index (χ1v) is 12.4. The van der Waals surface area contributed by atoms with E-state index in [2.05, 4.69) is 83.8 Å². The van der Waals surface area contributed by atoms with Gasteiger partial charge in [0.15, 0.2) is 0 Å². The monoisotopic (exact) mass is 488 g/mol. The smallest absolute Gasteiger partial charge is 0.200 e. The third-order valence-electron chi connectivity index (χ3n) is 6.30. The van der Waals surface area contributed by atoms with Gasteiger partial charge in [-0.3, -0.25) is 9.97 Å². The number of hydrogen-bond donors (Lipinski definition) is 0. The number of fused-ring (bicyclic) bond motifs is 2. The van der Waals surface area contributed by atoms with E-state index in [4.69, 9.17) is 15.0 Å². The molecular formula is C31H32N6. The van der Waals surface area contributed by atoms with Gasteiger partial charge in [0, 0.05) is 50.4 Å². The van der Waals surface area contributed by atoms with Crippen molar-refractivity contribution in [2.75, 3.05) is 33.1 Å². The van der Waals surface area contributed by atoms with Crippen LogP contribution < -0.4 is 4.90 Å². The SMILES string of the molecule is Cc1ccc2cccc(N(c3ccccc3N=C(N(C)C)N(C)C)c3cccc4ccc(C)nc34)c2n1. The molecule has 3 aromatic carbocycles. The number of anilines is 3. The van der Waals surface area contributed by atoms with Crippen molar-refractivity contribution in [2.45, 2.75) is 13.8 Å². The van der Waals surface area contributed by atoms with Gasteiger partial charge in [-0.05, 0) is 50.2 Å². The Labute approximate surface area is 218 Å². The van der Waals surface area contributed by atoms with Crippen molar-refractivity contribution in [3.05, 3.63) is 96.3 Å². The molecule has 0 saturated carbocycles. The van der Waals surface area contributed by atoms with Crippen LogP contribution in [0, 0.1) is 13.8 Å². The number of hydrogen-bond acceptors (Lipinski definition) is 4. The first-order chi connectivity index (χ1) is 17.8.